The summed E-state index contributed by atoms with van der Waals surface area (Å²) in [6, 6.07) is 9.04. The van der Waals surface area contributed by atoms with Crippen molar-refractivity contribution in [3.05, 3.63) is 58.0 Å². The molecule has 9 nitrogen and oxygen atoms in total. The van der Waals surface area contributed by atoms with Crippen LogP contribution in [0.15, 0.2) is 41.7 Å². The largest absolute Gasteiger partial charge is 0.389 e. The Morgan fingerprint density at radius 3 is 2.76 bits per heavy atom. The zero-order valence-electron chi connectivity index (χ0n) is 13.4. The minimum absolute atomic E-state index is 0.0660. The Labute approximate surface area is 142 Å². The molecule has 0 bridgehead atoms. The first-order valence-corrected chi connectivity index (χ1v) is 7.80. The molecule has 2 atom stereocenters. The molecule has 0 spiro atoms. The van der Waals surface area contributed by atoms with E-state index in [-0.39, 0.29) is 23.7 Å². The van der Waals surface area contributed by atoms with Gasteiger partial charge in [-0.2, -0.15) is 0 Å². The fourth-order valence-corrected chi connectivity index (χ4v) is 3.28. The molecule has 1 fully saturated rings. The molecule has 0 radical (unpaired) electrons. The van der Waals surface area contributed by atoms with Crippen LogP contribution in [0, 0.1) is 16.0 Å². The number of hydrogen-bond acceptors (Lipinski definition) is 6. The maximum Gasteiger partial charge on any atom is 0.342 e. The number of likely N-dealkylation sites (tertiary alicyclic amines) is 1. The number of benzene rings is 1. The van der Waals surface area contributed by atoms with E-state index in [2.05, 4.69) is 10.1 Å². The van der Waals surface area contributed by atoms with E-state index in [1.165, 1.54) is 10.8 Å². The third-order valence-electron chi connectivity index (χ3n) is 4.59. The molecule has 2 aliphatic rings. The summed E-state index contributed by atoms with van der Waals surface area (Å²) in [6.07, 6.45) is 0.950. The van der Waals surface area contributed by atoms with Gasteiger partial charge in [-0.3, -0.25) is 4.79 Å². The summed E-state index contributed by atoms with van der Waals surface area (Å²) in [5.41, 5.74) is 1.16. The molecular formula is C16H15N5O4. The van der Waals surface area contributed by atoms with Gasteiger partial charge in [0.1, 0.15) is 6.20 Å². The van der Waals surface area contributed by atoms with E-state index in [4.69, 9.17) is 4.84 Å². The van der Waals surface area contributed by atoms with Crippen molar-refractivity contribution >= 4 is 17.4 Å². The van der Waals surface area contributed by atoms with E-state index in [1.807, 2.05) is 18.2 Å². The maximum atomic E-state index is 12.6. The lowest BCUT2D eigenvalue weighted by Gasteiger charge is -2.16. The molecular weight excluding hydrogens is 326 g/mol. The minimum Gasteiger partial charge on any atom is -0.389 e. The van der Waals surface area contributed by atoms with Gasteiger partial charge in [-0.15, -0.1) is 0 Å². The predicted octanol–water partition coefficient (Wildman–Crippen LogP) is 1.20. The quantitative estimate of drug-likeness (QED) is 0.616. The fourth-order valence-electron chi connectivity index (χ4n) is 3.28. The van der Waals surface area contributed by atoms with Crippen molar-refractivity contribution in [3.63, 3.8) is 0 Å². The summed E-state index contributed by atoms with van der Waals surface area (Å²) < 4.78 is 1.38. The molecule has 2 unspecified atom stereocenters. The van der Waals surface area contributed by atoms with Crippen molar-refractivity contribution in [2.75, 3.05) is 13.1 Å². The second kappa shape index (κ2) is 5.69. The van der Waals surface area contributed by atoms with Gasteiger partial charge in [0.05, 0.1) is 19.5 Å². The number of imidazole rings is 1. The van der Waals surface area contributed by atoms with Crippen LogP contribution in [0.5, 0.6) is 0 Å². The Balaban J connectivity index is 1.56. The normalized spacial score (nSPS) is 21.6. The number of aromatic nitrogens is 2. The van der Waals surface area contributed by atoms with Gasteiger partial charge in [-0.05, 0) is 17.1 Å². The molecule has 1 aromatic heterocycles. The molecule has 1 saturated heterocycles. The Bertz CT molecular complexity index is 876. The number of carbonyl (C=O) groups is 1. The van der Waals surface area contributed by atoms with Crippen LogP contribution >= 0.6 is 0 Å². The summed E-state index contributed by atoms with van der Waals surface area (Å²) in [5, 5.41) is 15.1. The van der Waals surface area contributed by atoms with Crippen LogP contribution in [0.1, 0.15) is 16.2 Å². The highest BCUT2D eigenvalue weighted by Crippen LogP contribution is 2.31. The third-order valence-corrected chi connectivity index (χ3v) is 4.59. The Kier molecular flexibility index (Phi) is 3.48. The molecule has 0 aliphatic carbocycles. The number of amides is 1. The highest BCUT2D eigenvalue weighted by atomic mass is 16.6. The summed E-state index contributed by atoms with van der Waals surface area (Å²) >= 11 is 0. The Morgan fingerprint density at radius 1 is 1.32 bits per heavy atom. The van der Waals surface area contributed by atoms with Crippen molar-refractivity contribution in [2.24, 2.45) is 18.1 Å². The van der Waals surface area contributed by atoms with Gasteiger partial charge in [-0.1, -0.05) is 23.4 Å². The average Bonchev–Trinajstić information content (AvgIpc) is 3.29. The summed E-state index contributed by atoms with van der Waals surface area (Å²) in [5.74, 6) is 0.0710. The number of fused-ring (bicyclic) bond motifs is 1. The monoisotopic (exact) mass is 341 g/mol. The van der Waals surface area contributed by atoms with Gasteiger partial charge < -0.3 is 19.9 Å². The molecule has 2 aromatic rings. The molecule has 0 N–H and O–H groups in total. The van der Waals surface area contributed by atoms with E-state index in [9.17, 15) is 14.9 Å². The lowest BCUT2D eigenvalue weighted by atomic mass is 10.0. The second-order valence-corrected chi connectivity index (χ2v) is 6.06. The van der Waals surface area contributed by atoms with Crippen molar-refractivity contribution in [1.29, 1.82) is 0 Å². The molecule has 1 aromatic carbocycles. The van der Waals surface area contributed by atoms with Crippen LogP contribution in [0.25, 0.3) is 0 Å². The minimum atomic E-state index is -0.496. The standard InChI is InChI=1S/C16H15N5O4/c1-19-13(21(23)24)7-17-15(19)14-11-8-20(9-12(11)25-18-14)16(22)10-5-3-2-4-6-10/h2-7,11-12H,8-9H2,1H3. The topological polar surface area (TPSA) is 103 Å². The maximum absolute atomic E-state index is 12.6. The van der Waals surface area contributed by atoms with Crippen LogP contribution in [0.2, 0.25) is 0 Å². The van der Waals surface area contributed by atoms with E-state index in [0.29, 0.717) is 30.2 Å². The lowest BCUT2D eigenvalue weighted by molar-refractivity contribution is -0.391. The smallest absolute Gasteiger partial charge is 0.342 e. The van der Waals surface area contributed by atoms with Gasteiger partial charge >= 0.3 is 5.82 Å². The van der Waals surface area contributed by atoms with E-state index < -0.39 is 4.92 Å². The van der Waals surface area contributed by atoms with Crippen LogP contribution < -0.4 is 0 Å². The molecule has 1 amide bonds. The molecule has 2 aliphatic heterocycles. The number of rotatable bonds is 3. The van der Waals surface area contributed by atoms with Gasteiger partial charge in [0, 0.05) is 12.1 Å². The zero-order valence-corrected chi connectivity index (χ0v) is 13.4. The Morgan fingerprint density at radius 2 is 2.08 bits per heavy atom. The molecule has 0 saturated carbocycles. The molecule has 25 heavy (non-hydrogen) atoms. The molecule has 3 heterocycles. The number of oxime groups is 1. The second-order valence-electron chi connectivity index (χ2n) is 6.06. The van der Waals surface area contributed by atoms with Gasteiger partial charge in [0.2, 0.25) is 5.82 Å². The summed E-state index contributed by atoms with van der Waals surface area (Å²) in [6.45, 7) is 0.871. The highest BCUT2D eigenvalue weighted by Gasteiger charge is 2.46. The van der Waals surface area contributed by atoms with Crippen molar-refractivity contribution in [2.45, 2.75) is 6.10 Å². The first-order chi connectivity index (χ1) is 12.1. The average molecular weight is 341 g/mol. The van der Waals surface area contributed by atoms with E-state index in [0.717, 1.165) is 0 Å². The summed E-state index contributed by atoms with van der Waals surface area (Å²) in [7, 11) is 1.57. The summed E-state index contributed by atoms with van der Waals surface area (Å²) in [4.78, 5) is 34.4. The molecule has 128 valence electrons. The van der Waals surface area contributed by atoms with Crippen LogP contribution in [-0.4, -0.2) is 50.2 Å². The number of hydrogen-bond donors (Lipinski definition) is 0. The third kappa shape index (κ3) is 2.44. The zero-order chi connectivity index (χ0) is 17.6. The van der Waals surface area contributed by atoms with Crippen molar-refractivity contribution < 1.29 is 14.6 Å². The molecule has 4 rings (SSSR count). The molecule has 9 heteroatoms. The van der Waals surface area contributed by atoms with Crippen LogP contribution in [0.3, 0.4) is 0 Å². The van der Waals surface area contributed by atoms with Gasteiger partial charge in [0.25, 0.3) is 5.91 Å². The van der Waals surface area contributed by atoms with Gasteiger partial charge in [0.15, 0.2) is 11.8 Å². The predicted molar refractivity (Wildman–Crippen MR) is 87.1 cm³/mol. The van der Waals surface area contributed by atoms with Crippen molar-refractivity contribution in [3.8, 4) is 0 Å². The van der Waals surface area contributed by atoms with E-state index >= 15 is 0 Å². The van der Waals surface area contributed by atoms with Crippen molar-refractivity contribution in [1.82, 2.24) is 14.5 Å². The van der Waals surface area contributed by atoms with Crippen LogP contribution in [-0.2, 0) is 11.9 Å². The SMILES string of the molecule is Cn1c([N+](=O)[O-])cnc1C1=NOC2CN(C(=O)c3ccccc3)CC12. The number of carbonyl (C=O) groups excluding carboxylic acids is 1. The fraction of sp³-hybridized carbons (Fsp3) is 0.312. The highest BCUT2D eigenvalue weighted by molar-refractivity contribution is 6.02. The lowest BCUT2D eigenvalue weighted by Crippen LogP contribution is -2.30. The first-order valence-electron chi connectivity index (χ1n) is 7.80. The van der Waals surface area contributed by atoms with E-state index in [1.54, 1.807) is 24.1 Å². The first kappa shape index (κ1) is 15.3. The number of nitro groups is 1. The Hall–Kier alpha value is -3.23. The van der Waals surface area contributed by atoms with Crippen LogP contribution in [0.4, 0.5) is 5.82 Å². The van der Waals surface area contributed by atoms with Gasteiger partial charge in [-0.25, -0.2) is 9.55 Å². The number of nitrogens with zero attached hydrogens (tertiary/aromatic N) is 5.